The van der Waals surface area contributed by atoms with Crippen LogP contribution in [0.3, 0.4) is 0 Å². The van der Waals surface area contributed by atoms with Crippen molar-refractivity contribution in [3.05, 3.63) is 91.2 Å². The first-order valence-electron chi connectivity index (χ1n) is 17.0. The fraction of sp³-hybridized carbons (Fsp3) is 0.429. The van der Waals surface area contributed by atoms with E-state index in [4.69, 9.17) is 21.3 Å². The average Bonchev–Trinajstić information content (AvgIpc) is 3.80. The molecule has 0 radical (unpaired) electrons. The Morgan fingerprint density at radius 1 is 1.15 bits per heavy atom. The summed E-state index contributed by atoms with van der Waals surface area (Å²) in [5.74, 6) is -0.278. The molecule has 1 atom stereocenters. The summed E-state index contributed by atoms with van der Waals surface area (Å²) >= 11 is 6.18. The van der Waals surface area contributed by atoms with Gasteiger partial charge in [0.25, 0.3) is 11.5 Å². The second kappa shape index (κ2) is 12.9. The lowest BCUT2D eigenvalue weighted by Crippen LogP contribution is -2.46. The molecule has 13 nitrogen and oxygen atoms in total. The van der Waals surface area contributed by atoms with Crippen molar-refractivity contribution in [1.29, 1.82) is 0 Å². The van der Waals surface area contributed by atoms with Crippen LogP contribution < -0.4 is 10.9 Å². The Kier molecular flexibility index (Phi) is 8.48. The number of alkyl halides is 3. The van der Waals surface area contributed by atoms with E-state index in [2.05, 4.69) is 20.6 Å². The van der Waals surface area contributed by atoms with Gasteiger partial charge in [-0.05, 0) is 85.5 Å². The van der Waals surface area contributed by atoms with Crippen molar-refractivity contribution in [3.8, 4) is 0 Å². The van der Waals surface area contributed by atoms with Gasteiger partial charge in [0.2, 0.25) is 11.7 Å². The summed E-state index contributed by atoms with van der Waals surface area (Å²) in [7, 11) is 0. The van der Waals surface area contributed by atoms with Crippen LogP contribution in [0.25, 0.3) is 11.4 Å². The number of benzene rings is 1. The molecule has 2 aliphatic heterocycles. The lowest BCUT2D eigenvalue weighted by Gasteiger charge is -2.39. The number of fused-ring (bicyclic) bond motifs is 3. The second-order valence-corrected chi connectivity index (χ2v) is 14.2. The fourth-order valence-corrected chi connectivity index (χ4v) is 8.22. The third kappa shape index (κ3) is 5.96. The van der Waals surface area contributed by atoms with Crippen LogP contribution in [0.1, 0.15) is 77.6 Å². The van der Waals surface area contributed by atoms with Crippen molar-refractivity contribution in [2.75, 3.05) is 31.6 Å². The standard InChI is InChI=1S/C35H32ClF3N8O5/c36-23-16-21(35(37,38)39)5-6-24(23)41-26(48)18-46-29-22(19-3-4-19)17-34(9-12-45(13-10-34)32(50)28-25(44-51)2-1-11-40-28)27(29)31(49)47-33(46)42-30(43-47)20-7-14-52-15-8-20/h1-2,5-7,11,16,19,22H,3-4,8-10,12-15,17-18H2,(H,41,48). The fourth-order valence-electron chi connectivity index (χ4n) is 7.99. The number of nitrogens with one attached hydrogen (secondary N) is 1. The van der Waals surface area contributed by atoms with Crippen molar-refractivity contribution in [3.63, 3.8) is 0 Å². The van der Waals surface area contributed by atoms with E-state index < -0.39 is 29.0 Å². The minimum absolute atomic E-state index is 0.0102. The van der Waals surface area contributed by atoms with Crippen molar-refractivity contribution in [2.45, 2.75) is 62.6 Å². The van der Waals surface area contributed by atoms with Gasteiger partial charge in [-0.25, -0.2) is 4.98 Å². The lowest BCUT2D eigenvalue weighted by molar-refractivity contribution is -0.137. The number of hydrogen-bond acceptors (Lipinski definition) is 9. The first kappa shape index (κ1) is 34.1. The van der Waals surface area contributed by atoms with Gasteiger partial charge in [0.15, 0.2) is 11.5 Å². The molecule has 1 N–H and O–H groups in total. The number of likely N-dealkylation sites (tertiary alicyclic amines) is 1. The maximum Gasteiger partial charge on any atom is 0.416 e. The van der Waals surface area contributed by atoms with Gasteiger partial charge in [-0.2, -0.15) is 22.7 Å². The molecule has 2 amide bonds. The van der Waals surface area contributed by atoms with Gasteiger partial charge in [-0.15, -0.1) is 10.0 Å². The molecule has 1 unspecified atom stereocenters. The van der Waals surface area contributed by atoms with Crippen molar-refractivity contribution >= 4 is 46.1 Å². The molecule has 1 saturated carbocycles. The number of nitroso groups, excluding NO2 is 1. The van der Waals surface area contributed by atoms with Crippen LogP contribution in [-0.4, -0.2) is 67.2 Å². The normalized spacial score (nSPS) is 19.8. The van der Waals surface area contributed by atoms with Gasteiger partial charge in [0.1, 0.15) is 12.2 Å². The zero-order valence-electron chi connectivity index (χ0n) is 27.7. The Labute approximate surface area is 298 Å². The Morgan fingerprint density at radius 2 is 1.94 bits per heavy atom. The highest BCUT2D eigenvalue weighted by atomic mass is 35.5. The molecular weight excluding hydrogens is 705 g/mol. The Balaban J connectivity index is 1.19. The van der Waals surface area contributed by atoms with E-state index in [0.29, 0.717) is 69.1 Å². The summed E-state index contributed by atoms with van der Waals surface area (Å²) in [6.07, 6.45) is 2.64. The topological polar surface area (TPSA) is 153 Å². The van der Waals surface area contributed by atoms with E-state index in [1.807, 2.05) is 6.08 Å². The van der Waals surface area contributed by atoms with Crippen molar-refractivity contribution in [2.24, 2.45) is 11.1 Å². The first-order chi connectivity index (χ1) is 25.0. The van der Waals surface area contributed by atoms with Crippen LogP contribution in [0.5, 0.6) is 0 Å². The minimum Gasteiger partial charge on any atom is -0.377 e. The Bertz CT molecular complexity index is 2220. The molecule has 0 bridgehead atoms. The number of halogens is 4. The quantitative estimate of drug-likeness (QED) is 0.231. The van der Waals surface area contributed by atoms with E-state index in [-0.39, 0.29) is 51.8 Å². The zero-order chi connectivity index (χ0) is 36.4. The number of rotatable bonds is 7. The molecule has 1 aromatic carbocycles. The molecule has 1 spiro atoms. The van der Waals surface area contributed by atoms with E-state index in [1.54, 1.807) is 9.47 Å². The highest BCUT2D eigenvalue weighted by molar-refractivity contribution is 6.33. The van der Waals surface area contributed by atoms with E-state index in [0.717, 1.165) is 36.6 Å². The van der Waals surface area contributed by atoms with Crippen LogP contribution >= 0.6 is 11.6 Å². The monoisotopic (exact) mass is 736 g/mol. The zero-order valence-corrected chi connectivity index (χ0v) is 28.4. The molecule has 2 aliphatic carbocycles. The van der Waals surface area contributed by atoms with Crippen LogP contribution in [0.2, 0.25) is 5.02 Å². The molecule has 1 saturated heterocycles. The van der Waals surface area contributed by atoms with Crippen LogP contribution in [0.15, 0.2) is 52.6 Å². The van der Waals surface area contributed by atoms with Gasteiger partial charge in [-0.3, -0.25) is 14.4 Å². The van der Waals surface area contributed by atoms with E-state index >= 15 is 0 Å². The summed E-state index contributed by atoms with van der Waals surface area (Å²) < 4.78 is 48.3. The Hall–Kier alpha value is -4.96. The number of ether oxygens (including phenoxy) is 1. The number of hydrogen-bond donors (Lipinski definition) is 1. The van der Waals surface area contributed by atoms with Crippen LogP contribution in [0, 0.1) is 10.8 Å². The summed E-state index contributed by atoms with van der Waals surface area (Å²) in [5.41, 5.74) is 0.0586. The van der Waals surface area contributed by atoms with Gasteiger partial charge in [0, 0.05) is 41.9 Å². The smallest absolute Gasteiger partial charge is 0.377 e. The summed E-state index contributed by atoms with van der Waals surface area (Å²) in [6.45, 7) is 1.11. The summed E-state index contributed by atoms with van der Waals surface area (Å²) in [6, 6.07) is 5.68. The van der Waals surface area contributed by atoms with Gasteiger partial charge in [0.05, 0.1) is 29.5 Å². The highest BCUT2D eigenvalue weighted by Crippen LogP contribution is 2.58. The highest BCUT2D eigenvalue weighted by Gasteiger charge is 2.53. The molecule has 17 heteroatoms. The number of carbonyl (C=O) groups is 2. The van der Waals surface area contributed by atoms with E-state index in [9.17, 15) is 32.5 Å². The number of anilines is 1. The minimum atomic E-state index is -4.61. The predicted octanol–water partition coefficient (Wildman–Crippen LogP) is 5.87. The Morgan fingerprint density at radius 3 is 2.62 bits per heavy atom. The summed E-state index contributed by atoms with van der Waals surface area (Å²) in [5, 5.41) is 9.99. The van der Waals surface area contributed by atoms with Gasteiger partial charge < -0.3 is 19.5 Å². The molecule has 4 aromatic rings. The van der Waals surface area contributed by atoms with E-state index in [1.165, 1.54) is 22.8 Å². The largest absolute Gasteiger partial charge is 0.416 e. The van der Waals surface area contributed by atoms with Crippen LogP contribution in [0.4, 0.5) is 24.5 Å². The predicted molar refractivity (Wildman–Crippen MR) is 182 cm³/mol. The number of nitrogens with zero attached hydrogens (tertiary/aromatic N) is 7. The average molecular weight is 737 g/mol. The molecule has 4 aliphatic rings. The number of piperidine rings is 1. The number of pyridine rings is 1. The van der Waals surface area contributed by atoms with Crippen molar-refractivity contribution < 1.29 is 27.5 Å². The first-order valence-corrected chi connectivity index (χ1v) is 17.4. The molecule has 5 heterocycles. The molecule has 270 valence electrons. The summed E-state index contributed by atoms with van der Waals surface area (Å²) in [4.78, 5) is 63.8. The number of carbonyl (C=O) groups excluding carboxylic acids is 2. The van der Waals surface area contributed by atoms with Gasteiger partial charge in [-0.1, -0.05) is 17.7 Å². The molecule has 52 heavy (non-hydrogen) atoms. The van der Waals surface area contributed by atoms with Crippen molar-refractivity contribution in [1.82, 2.24) is 29.0 Å². The lowest BCUT2D eigenvalue weighted by atomic mass is 9.73. The molecule has 8 rings (SSSR count). The second-order valence-electron chi connectivity index (χ2n) is 13.8. The number of amides is 2. The molecular formula is C35H32ClF3N8O5. The third-order valence-electron chi connectivity index (χ3n) is 10.7. The maximum atomic E-state index is 14.6. The van der Waals surface area contributed by atoms with Crippen LogP contribution in [-0.2, 0) is 27.7 Å². The SMILES string of the molecule is O=Nc1cccnc1C(=O)N1CCC2(CC1)CC(C1CC1)c1c2c(=O)n2nc(C3=CCOCC3)nc2n1CC(=O)Nc1ccc(C(F)(F)F)cc1Cl. The number of aromatic nitrogens is 5. The third-order valence-corrected chi connectivity index (χ3v) is 11.0. The molecule has 2 fully saturated rings. The maximum absolute atomic E-state index is 14.6. The molecule has 3 aromatic heterocycles. The van der Waals surface area contributed by atoms with Gasteiger partial charge >= 0.3 is 6.18 Å².